The summed E-state index contributed by atoms with van der Waals surface area (Å²) in [7, 11) is 0. The first kappa shape index (κ1) is 15.5. The van der Waals surface area contributed by atoms with Gasteiger partial charge in [-0.25, -0.2) is 0 Å². The fraction of sp³-hybridized carbons (Fsp3) is 0.417. The number of rotatable bonds is 0. The molecule has 0 aliphatic rings. The van der Waals surface area contributed by atoms with Crippen molar-refractivity contribution < 1.29 is 0 Å². The Morgan fingerprint density at radius 3 is 2.00 bits per heavy atom. The standard InChI is InChI=1S/C8H6ClN.2C2H6/c1-6-2-3-7(5-10)8(9)4-6;2*1-2/h2-4H,1H3;2*1-2H3. The highest BCUT2D eigenvalue weighted by molar-refractivity contribution is 6.31. The molecule has 0 saturated carbocycles. The molecule has 0 aromatic heterocycles. The van der Waals surface area contributed by atoms with Crippen molar-refractivity contribution in [1.82, 2.24) is 0 Å². The van der Waals surface area contributed by atoms with Gasteiger partial charge in [-0.3, -0.25) is 0 Å². The summed E-state index contributed by atoms with van der Waals surface area (Å²) >= 11 is 5.71. The van der Waals surface area contributed by atoms with Gasteiger partial charge in [0, 0.05) is 0 Å². The fourth-order valence-corrected chi connectivity index (χ4v) is 0.988. The van der Waals surface area contributed by atoms with Crippen LogP contribution in [0.1, 0.15) is 38.8 Å². The lowest BCUT2D eigenvalue weighted by molar-refractivity contribution is 1.43. The molecule has 0 atom stereocenters. The van der Waals surface area contributed by atoms with Crippen LogP contribution < -0.4 is 0 Å². The predicted molar refractivity (Wildman–Crippen MR) is 63.6 cm³/mol. The van der Waals surface area contributed by atoms with Gasteiger partial charge in [-0.05, 0) is 24.6 Å². The first-order valence-electron chi connectivity index (χ1n) is 4.90. The van der Waals surface area contributed by atoms with Crippen molar-refractivity contribution in [3.8, 4) is 6.07 Å². The van der Waals surface area contributed by atoms with Crippen LogP contribution >= 0.6 is 11.6 Å². The van der Waals surface area contributed by atoms with E-state index in [-0.39, 0.29) is 0 Å². The monoisotopic (exact) mass is 211 g/mol. The van der Waals surface area contributed by atoms with Crippen molar-refractivity contribution in [2.24, 2.45) is 0 Å². The maximum Gasteiger partial charge on any atom is 0.101 e. The molecular formula is C12H18ClN. The molecule has 0 radical (unpaired) electrons. The molecule has 0 amide bonds. The van der Waals surface area contributed by atoms with Gasteiger partial charge in [0.25, 0.3) is 0 Å². The molecule has 0 bridgehead atoms. The molecule has 0 aliphatic heterocycles. The minimum Gasteiger partial charge on any atom is -0.192 e. The molecule has 14 heavy (non-hydrogen) atoms. The van der Waals surface area contributed by atoms with E-state index < -0.39 is 0 Å². The summed E-state index contributed by atoms with van der Waals surface area (Å²) in [5, 5.41) is 9.00. The zero-order valence-corrected chi connectivity index (χ0v) is 10.3. The number of benzene rings is 1. The van der Waals surface area contributed by atoms with E-state index in [1.165, 1.54) is 0 Å². The zero-order chi connectivity index (χ0) is 11.6. The maximum absolute atomic E-state index is 8.47. The normalized spacial score (nSPS) is 7.21. The van der Waals surface area contributed by atoms with Crippen LogP contribution in [-0.2, 0) is 0 Å². The average molecular weight is 212 g/mol. The Kier molecular flexibility index (Phi) is 11.1. The van der Waals surface area contributed by atoms with Crippen LogP contribution in [-0.4, -0.2) is 0 Å². The molecule has 0 aliphatic carbocycles. The highest BCUT2D eigenvalue weighted by Crippen LogP contribution is 2.15. The lowest BCUT2D eigenvalue weighted by atomic mass is 10.2. The van der Waals surface area contributed by atoms with Crippen LogP contribution in [0.5, 0.6) is 0 Å². The van der Waals surface area contributed by atoms with Crippen LogP contribution in [0.15, 0.2) is 18.2 Å². The fourth-order valence-electron chi connectivity index (χ4n) is 0.711. The maximum atomic E-state index is 8.47. The van der Waals surface area contributed by atoms with Gasteiger partial charge in [-0.2, -0.15) is 5.26 Å². The Labute approximate surface area is 92.3 Å². The van der Waals surface area contributed by atoms with E-state index in [1.54, 1.807) is 12.1 Å². The van der Waals surface area contributed by atoms with E-state index in [1.807, 2.05) is 46.8 Å². The van der Waals surface area contributed by atoms with Gasteiger partial charge in [0.1, 0.15) is 6.07 Å². The third kappa shape index (κ3) is 5.61. The van der Waals surface area contributed by atoms with E-state index in [2.05, 4.69) is 0 Å². The molecule has 1 nitrogen and oxygen atoms in total. The van der Waals surface area contributed by atoms with Crippen molar-refractivity contribution in [1.29, 1.82) is 5.26 Å². The van der Waals surface area contributed by atoms with E-state index in [0.717, 1.165) is 5.56 Å². The Balaban J connectivity index is 0. The van der Waals surface area contributed by atoms with Crippen molar-refractivity contribution in [2.45, 2.75) is 34.6 Å². The van der Waals surface area contributed by atoms with Crippen LogP contribution in [0, 0.1) is 18.3 Å². The number of nitriles is 1. The van der Waals surface area contributed by atoms with E-state index in [4.69, 9.17) is 16.9 Å². The first-order chi connectivity index (χ1) is 6.74. The molecule has 0 fully saturated rings. The Bertz CT molecular complexity index is 287. The third-order valence-corrected chi connectivity index (χ3v) is 1.56. The number of nitrogens with zero attached hydrogens (tertiary/aromatic N) is 1. The molecule has 0 spiro atoms. The van der Waals surface area contributed by atoms with E-state index in [9.17, 15) is 0 Å². The molecule has 78 valence electrons. The zero-order valence-electron chi connectivity index (χ0n) is 9.56. The second-order valence-corrected chi connectivity index (χ2v) is 2.50. The number of hydrogen-bond acceptors (Lipinski definition) is 1. The molecule has 1 aromatic carbocycles. The predicted octanol–water partition coefficient (Wildman–Crippen LogP) is 4.57. The molecule has 1 rings (SSSR count). The Morgan fingerprint density at radius 2 is 1.64 bits per heavy atom. The summed E-state index contributed by atoms with van der Waals surface area (Å²) in [6.45, 7) is 9.94. The van der Waals surface area contributed by atoms with Gasteiger partial charge in [-0.15, -0.1) is 0 Å². The van der Waals surface area contributed by atoms with E-state index in [0.29, 0.717) is 10.6 Å². The summed E-state index contributed by atoms with van der Waals surface area (Å²) in [4.78, 5) is 0. The highest BCUT2D eigenvalue weighted by Gasteiger charge is 1.96. The molecule has 2 heteroatoms. The lowest BCUT2D eigenvalue weighted by Crippen LogP contribution is -1.77. The summed E-state index contributed by atoms with van der Waals surface area (Å²) in [6.07, 6.45) is 0. The number of aryl methyl sites for hydroxylation is 1. The van der Waals surface area contributed by atoms with E-state index >= 15 is 0 Å². The third-order valence-electron chi connectivity index (χ3n) is 1.25. The summed E-state index contributed by atoms with van der Waals surface area (Å²) in [5.41, 5.74) is 1.61. The summed E-state index contributed by atoms with van der Waals surface area (Å²) in [6, 6.07) is 7.35. The van der Waals surface area contributed by atoms with Gasteiger partial charge in [0.15, 0.2) is 0 Å². The summed E-state index contributed by atoms with van der Waals surface area (Å²) in [5.74, 6) is 0. The van der Waals surface area contributed by atoms with Gasteiger partial charge in [-0.1, -0.05) is 45.4 Å². The quantitative estimate of drug-likeness (QED) is 0.617. The molecular weight excluding hydrogens is 194 g/mol. The van der Waals surface area contributed by atoms with Crippen molar-refractivity contribution in [2.75, 3.05) is 0 Å². The molecule has 1 aromatic rings. The van der Waals surface area contributed by atoms with Crippen LogP contribution in [0.4, 0.5) is 0 Å². The Morgan fingerprint density at radius 1 is 1.14 bits per heavy atom. The van der Waals surface area contributed by atoms with Gasteiger partial charge < -0.3 is 0 Å². The van der Waals surface area contributed by atoms with Crippen LogP contribution in [0.3, 0.4) is 0 Å². The number of hydrogen-bond donors (Lipinski definition) is 0. The van der Waals surface area contributed by atoms with Gasteiger partial charge >= 0.3 is 0 Å². The highest BCUT2D eigenvalue weighted by atomic mass is 35.5. The minimum atomic E-state index is 0.530. The Hall–Kier alpha value is -1.00. The molecule has 0 unspecified atom stereocenters. The van der Waals surface area contributed by atoms with Crippen molar-refractivity contribution in [3.63, 3.8) is 0 Å². The minimum absolute atomic E-state index is 0.530. The van der Waals surface area contributed by atoms with Crippen LogP contribution in [0.25, 0.3) is 0 Å². The topological polar surface area (TPSA) is 23.8 Å². The number of halogens is 1. The molecule has 0 heterocycles. The van der Waals surface area contributed by atoms with Crippen LogP contribution in [0.2, 0.25) is 5.02 Å². The van der Waals surface area contributed by atoms with Gasteiger partial charge in [0.2, 0.25) is 0 Å². The summed E-state index contributed by atoms with van der Waals surface area (Å²) < 4.78 is 0. The smallest absolute Gasteiger partial charge is 0.101 e. The SMILES string of the molecule is CC.CC.Cc1ccc(C#N)c(Cl)c1. The first-order valence-corrected chi connectivity index (χ1v) is 5.28. The second-order valence-electron chi connectivity index (χ2n) is 2.10. The largest absolute Gasteiger partial charge is 0.192 e. The van der Waals surface area contributed by atoms with Crippen molar-refractivity contribution >= 4 is 11.6 Å². The molecule has 0 N–H and O–H groups in total. The molecule has 0 saturated heterocycles. The van der Waals surface area contributed by atoms with Gasteiger partial charge in [0.05, 0.1) is 10.6 Å². The average Bonchev–Trinajstić information content (AvgIpc) is 2.24. The lowest BCUT2D eigenvalue weighted by Gasteiger charge is -1.94. The van der Waals surface area contributed by atoms with Crippen molar-refractivity contribution in [3.05, 3.63) is 34.3 Å². The second kappa shape index (κ2) is 10.1.